The Morgan fingerprint density at radius 3 is 1.84 bits per heavy atom. The fourth-order valence-corrected chi connectivity index (χ4v) is 4.46. The minimum atomic E-state index is 0.811. The highest BCUT2D eigenvalue weighted by atomic mass is 79.9. The normalized spacial score (nSPS) is 11.5. The van der Waals surface area contributed by atoms with Crippen molar-refractivity contribution in [2.75, 3.05) is 6.61 Å². The molecular weight excluding hydrogens is 464 g/mol. The van der Waals surface area contributed by atoms with Crippen molar-refractivity contribution in [3.05, 3.63) is 86.0 Å². The van der Waals surface area contributed by atoms with E-state index in [0.717, 1.165) is 18.8 Å². The van der Waals surface area contributed by atoms with E-state index < -0.39 is 0 Å². The standard InChI is InChI=1S/C28H31BrOS/c1-2-3-4-5-6-7-21-30-27-18-15-25(16-19-27)13-10-23-8-11-24(12-9-23)14-17-26-20-22-31-28(26)29/h8-20,22H,2-7,21H2,1H3/b13-10+,17-14+. The van der Waals surface area contributed by atoms with Crippen LogP contribution in [0.25, 0.3) is 24.3 Å². The number of halogens is 1. The van der Waals surface area contributed by atoms with E-state index in [1.807, 2.05) is 0 Å². The van der Waals surface area contributed by atoms with Gasteiger partial charge >= 0.3 is 0 Å². The van der Waals surface area contributed by atoms with Gasteiger partial charge in [0.15, 0.2) is 0 Å². The van der Waals surface area contributed by atoms with Gasteiger partial charge in [-0.1, -0.05) is 99.7 Å². The third-order valence-electron chi connectivity index (χ3n) is 5.15. The second-order valence-corrected chi connectivity index (χ2v) is 9.90. The van der Waals surface area contributed by atoms with Crippen LogP contribution in [0.1, 0.15) is 67.7 Å². The summed E-state index contributed by atoms with van der Waals surface area (Å²) in [7, 11) is 0. The minimum absolute atomic E-state index is 0.811. The zero-order valence-corrected chi connectivity index (χ0v) is 20.6. The predicted molar refractivity (Wildman–Crippen MR) is 142 cm³/mol. The van der Waals surface area contributed by atoms with Crippen LogP contribution < -0.4 is 4.74 Å². The van der Waals surface area contributed by atoms with E-state index in [-0.39, 0.29) is 0 Å². The van der Waals surface area contributed by atoms with E-state index in [1.54, 1.807) is 11.3 Å². The van der Waals surface area contributed by atoms with Crippen LogP contribution in [0.15, 0.2) is 63.8 Å². The average Bonchev–Trinajstić information content (AvgIpc) is 3.22. The molecule has 0 amide bonds. The molecule has 0 saturated carbocycles. The molecule has 0 atom stereocenters. The van der Waals surface area contributed by atoms with Crippen LogP contribution in [0.5, 0.6) is 5.75 Å². The lowest BCUT2D eigenvalue weighted by atomic mass is 10.1. The third-order valence-corrected chi connectivity index (χ3v) is 6.89. The van der Waals surface area contributed by atoms with Crippen molar-refractivity contribution < 1.29 is 4.74 Å². The molecule has 0 aliphatic carbocycles. The Bertz CT molecular complexity index is 951. The molecule has 0 N–H and O–H groups in total. The molecule has 0 saturated heterocycles. The molecular formula is C28H31BrOS. The van der Waals surface area contributed by atoms with E-state index in [4.69, 9.17) is 4.74 Å². The molecule has 0 spiro atoms. The van der Waals surface area contributed by atoms with Gasteiger partial charge in [0.05, 0.1) is 10.4 Å². The molecule has 1 nitrogen and oxygen atoms in total. The van der Waals surface area contributed by atoms with Gasteiger partial charge in [0.2, 0.25) is 0 Å². The smallest absolute Gasteiger partial charge is 0.119 e. The number of benzene rings is 2. The van der Waals surface area contributed by atoms with E-state index >= 15 is 0 Å². The van der Waals surface area contributed by atoms with Crippen molar-refractivity contribution in [1.82, 2.24) is 0 Å². The largest absolute Gasteiger partial charge is 0.494 e. The Hall–Kier alpha value is -2.10. The maximum absolute atomic E-state index is 5.87. The second kappa shape index (κ2) is 13.3. The molecule has 0 aliphatic rings. The van der Waals surface area contributed by atoms with Gasteiger partial charge in [-0.2, -0.15) is 0 Å². The topological polar surface area (TPSA) is 9.23 Å². The van der Waals surface area contributed by atoms with Crippen LogP contribution in [-0.2, 0) is 0 Å². The van der Waals surface area contributed by atoms with Crippen LogP contribution in [0.4, 0.5) is 0 Å². The number of thiophene rings is 1. The molecule has 2 aromatic carbocycles. The van der Waals surface area contributed by atoms with Gasteiger partial charge in [-0.15, -0.1) is 11.3 Å². The number of hydrogen-bond acceptors (Lipinski definition) is 2. The van der Waals surface area contributed by atoms with Crippen molar-refractivity contribution in [2.24, 2.45) is 0 Å². The summed E-state index contributed by atoms with van der Waals surface area (Å²) >= 11 is 5.28. The Kier molecular flexibility index (Phi) is 10.1. The molecule has 0 radical (unpaired) electrons. The predicted octanol–water partition coefficient (Wildman–Crippen LogP) is 9.59. The summed E-state index contributed by atoms with van der Waals surface area (Å²) in [5.41, 5.74) is 4.78. The number of rotatable bonds is 12. The molecule has 3 rings (SSSR count). The van der Waals surface area contributed by atoms with Crippen LogP contribution in [0.2, 0.25) is 0 Å². The van der Waals surface area contributed by atoms with E-state index in [9.17, 15) is 0 Å². The molecule has 1 heterocycles. The van der Waals surface area contributed by atoms with Crippen LogP contribution in [0.3, 0.4) is 0 Å². The lowest BCUT2D eigenvalue weighted by Gasteiger charge is -2.06. The monoisotopic (exact) mass is 494 g/mol. The number of hydrogen-bond donors (Lipinski definition) is 0. The highest BCUT2D eigenvalue weighted by Gasteiger charge is 1.97. The third kappa shape index (κ3) is 8.51. The Balaban J connectivity index is 1.43. The lowest BCUT2D eigenvalue weighted by molar-refractivity contribution is 0.304. The Morgan fingerprint density at radius 1 is 0.710 bits per heavy atom. The minimum Gasteiger partial charge on any atom is -0.494 e. The summed E-state index contributed by atoms with van der Waals surface area (Å²) in [5.74, 6) is 0.958. The first-order chi connectivity index (χ1) is 15.2. The first-order valence-electron chi connectivity index (χ1n) is 11.2. The van der Waals surface area contributed by atoms with E-state index in [2.05, 4.69) is 107 Å². The molecule has 3 heteroatoms. The fourth-order valence-electron chi connectivity index (χ4n) is 3.27. The van der Waals surface area contributed by atoms with Crippen LogP contribution >= 0.6 is 27.3 Å². The van der Waals surface area contributed by atoms with Crippen molar-refractivity contribution in [3.8, 4) is 5.75 Å². The van der Waals surface area contributed by atoms with Gasteiger partial charge in [-0.3, -0.25) is 0 Å². The molecule has 0 fully saturated rings. The first kappa shape index (κ1) is 23.6. The van der Waals surface area contributed by atoms with Crippen molar-refractivity contribution in [2.45, 2.75) is 45.4 Å². The van der Waals surface area contributed by atoms with Gasteiger partial charge in [0.1, 0.15) is 5.75 Å². The summed E-state index contributed by atoms with van der Waals surface area (Å²) in [5, 5.41) is 2.09. The summed E-state index contributed by atoms with van der Waals surface area (Å²) in [6, 6.07) is 19.1. The van der Waals surface area contributed by atoms with Gasteiger partial charge < -0.3 is 4.74 Å². The second-order valence-electron chi connectivity index (χ2n) is 7.67. The maximum Gasteiger partial charge on any atom is 0.119 e. The zero-order valence-electron chi connectivity index (χ0n) is 18.2. The number of ether oxygens (including phenoxy) is 1. The van der Waals surface area contributed by atoms with Gasteiger partial charge in [-0.25, -0.2) is 0 Å². The fraction of sp³-hybridized carbons (Fsp3) is 0.286. The highest BCUT2D eigenvalue weighted by Crippen LogP contribution is 2.25. The van der Waals surface area contributed by atoms with Gasteiger partial charge in [-0.05, 0) is 68.2 Å². The molecule has 0 bridgehead atoms. The van der Waals surface area contributed by atoms with E-state index in [1.165, 1.54) is 58.1 Å². The summed E-state index contributed by atoms with van der Waals surface area (Å²) in [4.78, 5) is 0. The average molecular weight is 496 g/mol. The van der Waals surface area contributed by atoms with Crippen molar-refractivity contribution in [1.29, 1.82) is 0 Å². The lowest BCUT2D eigenvalue weighted by Crippen LogP contribution is -1.97. The number of unbranched alkanes of at least 4 members (excludes halogenated alkanes) is 5. The van der Waals surface area contributed by atoms with Crippen LogP contribution in [-0.4, -0.2) is 6.61 Å². The Labute approximate surface area is 199 Å². The highest BCUT2D eigenvalue weighted by molar-refractivity contribution is 9.11. The first-order valence-corrected chi connectivity index (χ1v) is 12.8. The molecule has 0 unspecified atom stereocenters. The molecule has 1 aromatic heterocycles. The molecule has 3 aromatic rings. The van der Waals surface area contributed by atoms with Gasteiger partial charge in [0.25, 0.3) is 0 Å². The zero-order chi connectivity index (χ0) is 21.7. The van der Waals surface area contributed by atoms with Crippen molar-refractivity contribution >= 4 is 51.6 Å². The van der Waals surface area contributed by atoms with Crippen LogP contribution in [0, 0.1) is 0 Å². The molecule has 0 aliphatic heterocycles. The maximum atomic E-state index is 5.87. The summed E-state index contributed by atoms with van der Waals surface area (Å²) in [6.45, 7) is 3.06. The molecule has 162 valence electrons. The van der Waals surface area contributed by atoms with E-state index in [0.29, 0.717) is 0 Å². The van der Waals surface area contributed by atoms with Crippen molar-refractivity contribution in [3.63, 3.8) is 0 Å². The Morgan fingerprint density at radius 2 is 1.26 bits per heavy atom. The summed E-state index contributed by atoms with van der Waals surface area (Å²) in [6.07, 6.45) is 16.3. The van der Waals surface area contributed by atoms with Gasteiger partial charge in [0, 0.05) is 0 Å². The SMILES string of the molecule is CCCCCCCCOc1ccc(/C=C/c2ccc(/C=C/c3ccsc3Br)cc2)cc1. The quantitative estimate of drug-likeness (QED) is 0.180. The summed E-state index contributed by atoms with van der Waals surface area (Å²) < 4.78 is 7.04. The molecule has 31 heavy (non-hydrogen) atoms.